The van der Waals surface area contributed by atoms with Gasteiger partial charge in [-0.2, -0.15) is 5.12 Å². The van der Waals surface area contributed by atoms with E-state index in [1.807, 2.05) is 35.3 Å². The number of hydrogen-bond donors (Lipinski definition) is 1. The summed E-state index contributed by atoms with van der Waals surface area (Å²) in [5, 5.41) is 7.92. The highest BCUT2D eigenvalue weighted by Crippen LogP contribution is 2.19. The Labute approximate surface area is 119 Å². The van der Waals surface area contributed by atoms with Gasteiger partial charge in [0.15, 0.2) is 0 Å². The van der Waals surface area contributed by atoms with E-state index in [2.05, 4.69) is 57.5 Å². The number of benzene rings is 2. The first-order valence-corrected chi connectivity index (χ1v) is 6.61. The van der Waals surface area contributed by atoms with Crippen LogP contribution in [0, 0.1) is 3.57 Å². The lowest BCUT2D eigenvalue weighted by Gasteiger charge is -2.19. The van der Waals surface area contributed by atoms with Gasteiger partial charge in [0.05, 0.1) is 11.4 Å². The topological polar surface area (TPSA) is 30.9 Å². The smallest absolute Gasteiger partial charge is 0.134 e. The van der Waals surface area contributed by atoms with Crippen LogP contribution in [0.2, 0.25) is 0 Å². The molecule has 1 aliphatic heterocycles. The Kier molecular flexibility index (Phi) is 3.16. The second kappa shape index (κ2) is 4.95. The van der Waals surface area contributed by atoms with Crippen molar-refractivity contribution in [1.29, 1.82) is 0 Å². The Balaban J connectivity index is 1.77. The summed E-state index contributed by atoms with van der Waals surface area (Å²) in [5.41, 5.74) is 5.24. The molecule has 0 aromatic heterocycles. The molecule has 0 bridgehead atoms. The van der Waals surface area contributed by atoms with Crippen molar-refractivity contribution < 1.29 is 0 Å². The van der Waals surface area contributed by atoms with Gasteiger partial charge in [0, 0.05) is 3.57 Å². The van der Waals surface area contributed by atoms with Gasteiger partial charge in [0.1, 0.15) is 6.34 Å². The van der Waals surface area contributed by atoms with Crippen molar-refractivity contribution in [1.82, 2.24) is 5.53 Å². The Morgan fingerprint density at radius 2 is 1.61 bits per heavy atom. The molecule has 0 spiro atoms. The molecule has 1 N–H and O–H groups in total. The molecule has 0 fully saturated rings. The van der Waals surface area contributed by atoms with Gasteiger partial charge in [-0.25, -0.2) is 5.01 Å². The minimum Gasteiger partial charge on any atom is -0.245 e. The maximum atomic E-state index is 4.31. The number of para-hydroxylation sites is 1. The van der Waals surface area contributed by atoms with E-state index in [9.17, 15) is 0 Å². The first-order chi connectivity index (χ1) is 8.83. The summed E-state index contributed by atoms with van der Waals surface area (Å²) >= 11 is 2.29. The summed E-state index contributed by atoms with van der Waals surface area (Å²) < 4.78 is 1.22. The zero-order valence-corrected chi connectivity index (χ0v) is 11.7. The summed E-state index contributed by atoms with van der Waals surface area (Å²) in [5.74, 6) is 0. The second-order valence-corrected chi connectivity index (χ2v) is 5.07. The fourth-order valence-corrected chi connectivity index (χ4v) is 2.04. The number of nitrogens with zero attached hydrogens (tertiary/aromatic N) is 3. The van der Waals surface area contributed by atoms with Gasteiger partial charge in [-0.15, -0.1) is 10.6 Å². The average Bonchev–Trinajstić information content (AvgIpc) is 2.90. The fraction of sp³-hybridized carbons (Fsp3) is 0. The van der Waals surface area contributed by atoms with Crippen LogP contribution < -0.4 is 15.7 Å². The third-order valence-electron chi connectivity index (χ3n) is 2.59. The molecule has 2 aromatic rings. The first-order valence-electron chi connectivity index (χ1n) is 5.53. The van der Waals surface area contributed by atoms with E-state index in [1.165, 1.54) is 3.57 Å². The molecule has 5 heteroatoms. The molecule has 0 atom stereocenters. The van der Waals surface area contributed by atoms with E-state index >= 15 is 0 Å². The molecule has 0 amide bonds. The lowest BCUT2D eigenvalue weighted by atomic mass is 10.3. The summed E-state index contributed by atoms with van der Waals surface area (Å²) in [6, 6.07) is 18.2. The van der Waals surface area contributed by atoms with E-state index in [4.69, 9.17) is 0 Å². The number of anilines is 2. The third-order valence-corrected chi connectivity index (χ3v) is 3.31. The number of halogens is 1. The van der Waals surface area contributed by atoms with Crippen LogP contribution in [0.15, 0.2) is 59.7 Å². The average molecular weight is 350 g/mol. The molecule has 90 valence electrons. The number of hydrazone groups is 1. The van der Waals surface area contributed by atoms with Crippen LogP contribution in [0.5, 0.6) is 0 Å². The number of rotatable bonds is 2. The largest absolute Gasteiger partial charge is 0.245 e. The minimum absolute atomic E-state index is 1.00. The summed E-state index contributed by atoms with van der Waals surface area (Å²) in [4.78, 5) is 0. The lowest BCUT2D eigenvalue weighted by Crippen LogP contribution is -2.40. The standard InChI is InChI=1S/C13H11IN4/c14-11-6-8-12(9-7-11)17-10-15-18(16-17)13-4-2-1-3-5-13/h1-10,16H. The van der Waals surface area contributed by atoms with E-state index in [1.54, 1.807) is 11.5 Å². The fourth-order valence-electron chi connectivity index (χ4n) is 1.68. The predicted octanol–water partition coefficient (Wildman–Crippen LogP) is 2.98. The van der Waals surface area contributed by atoms with Crippen molar-refractivity contribution in [2.75, 3.05) is 10.1 Å². The molecular weight excluding hydrogens is 339 g/mol. The lowest BCUT2D eigenvalue weighted by molar-refractivity contribution is 0.719. The Bertz CT molecular complexity index is 553. The van der Waals surface area contributed by atoms with Gasteiger partial charge in [0.25, 0.3) is 0 Å². The predicted molar refractivity (Wildman–Crippen MR) is 82.2 cm³/mol. The van der Waals surface area contributed by atoms with Crippen molar-refractivity contribution >= 4 is 40.3 Å². The first kappa shape index (κ1) is 11.5. The normalized spacial score (nSPS) is 14.3. The molecule has 3 rings (SSSR count). The zero-order chi connectivity index (χ0) is 12.4. The van der Waals surface area contributed by atoms with Gasteiger partial charge < -0.3 is 0 Å². The molecule has 0 radical (unpaired) electrons. The van der Waals surface area contributed by atoms with E-state index in [0.717, 1.165) is 11.4 Å². The van der Waals surface area contributed by atoms with Crippen molar-refractivity contribution in [2.24, 2.45) is 5.10 Å². The third kappa shape index (κ3) is 2.32. The maximum absolute atomic E-state index is 4.31. The van der Waals surface area contributed by atoms with Crippen LogP contribution in [0.3, 0.4) is 0 Å². The summed E-state index contributed by atoms with van der Waals surface area (Å²) in [7, 11) is 0. The second-order valence-electron chi connectivity index (χ2n) is 3.82. The molecule has 2 aromatic carbocycles. The van der Waals surface area contributed by atoms with Crippen LogP contribution >= 0.6 is 22.6 Å². The van der Waals surface area contributed by atoms with Gasteiger partial charge >= 0.3 is 0 Å². The van der Waals surface area contributed by atoms with E-state index in [0.29, 0.717) is 0 Å². The molecular formula is C13H11IN4. The molecule has 0 aliphatic carbocycles. The quantitative estimate of drug-likeness (QED) is 0.845. The van der Waals surface area contributed by atoms with E-state index < -0.39 is 0 Å². The summed E-state index contributed by atoms with van der Waals surface area (Å²) in [6.45, 7) is 0. The number of hydrogen-bond acceptors (Lipinski definition) is 4. The van der Waals surface area contributed by atoms with Crippen LogP contribution in [0.25, 0.3) is 0 Å². The Hall–Kier alpha value is -1.60. The molecule has 0 saturated heterocycles. The van der Waals surface area contributed by atoms with Crippen molar-refractivity contribution in [3.8, 4) is 0 Å². The van der Waals surface area contributed by atoms with Gasteiger partial charge in [-0.05, 0) is 59.0 Å². The Morgan fingerprint density at radius 1 is 0.889 bits per heavy atom. The van der Waals surface area contributed by atoms with Gasteiger partial charge in [-0.3, -0.25) is 0 Å². The van der Waals surface area contributed by atoms with Gasteiger partial charge in [-0.1, -0.05) is 18.2 Å². The van der Waals surface area contributed by atoms with Gasteiger partial charge in [0.2, 0.25) is 0 Å². The molecule has 1 aliphatic rings. The van der Waals surface area contributed by atoms with Crippen molar-refractivity contribution in [2.45, 2.75) is 0 Å². The molecule has 0 unspecified atom stereocenters. The van der Waals surface area contributed by atoms with E-state index in [-0.39, 0.29) is 0 Å². The summed E-state index contributed by atoms with van der Waals surface area (Å²) in [6.07, 6.45) is 1.76. The highest BCUT2D eigenvalue weighted by molar-refractivity contribution is 14.1. The van der Waals surface area contributed by atoms with Crippen LogP contribution in [0.4, 0.5) is 11.4 Å². The van der Waals surface area contributed by atoms with Crippen molar-refractivity contribution in [3.63, 3.8) is 0 Å². The van der Waals surface area contributed by atoms with Crippen LogP contribution in [-0.2, 0) is 0 Å². The van der Waals surface area contributed by atoms with Crippen LogP contribution in [0.1, 0.15) is 0 Å². The number of hydrazine groups is 2. The zero-order valence-electron chi connectivity index (χ0n) is 9.49. The SMILES string of the molecule is Ic1ccc(N2C=NN(c3ccccc3)N2)cc1. The minimum atomic E-state index is 1.00. The molecule has 0 saturated carbocycles. The number of nitrogens with one attached hydrogen (secondary N) is 1. The highest BCUT2D eigenvalue weighted by Gasteiger charge is 2.15. The molecule has 18 heavy (non-hydrogen) atoms. The monoisotopic (exact) mass is 350 g/mol. The van der Waals surface area contributed by atoms with Crippen molar-refractivity contribution in [3.05, 3.63) is 58.2 Å². The Morgan fingerprint density at radius 3 is 2.33 bits per heavy atom. The van der Waals surface area contributed by atoms with Crippen LogP contribution in [-0.4, -0.2) is 6.34 Å². The highest BCUT2D eigenvalue weighted by atomic mass is 127. The molecule has 4 nitrogen and oxygen atoms in total. The maximum Gasteiger partial charge on any atom is 0.134 e. The molecule has 1 heterocycles.